The van der Waals surface area contributed by atoms with Crippen molar-refractivity contribution >= 4 is 17.6 Å². The van der Waals surface area contributed by atoms with Crippen molar-refractivity contribution in [3.8, 4) is 0 Å². The number of carbonyl (C=O) groups is 1. The van der Waals surface area contributed by atoms with E-state index in [1.807, 2.05) is 36.4 Å². The molecular formula is C15H11O2-. The molecule has 0 fully saturated rings. The van der Waals surface area contributed by atoms with Gasteiger partial charge in [-0.05, 0) is 17.2 Å². The molecule has 0 aromatic heterocycles. The van der Waals surface area contributed by atoms with E-state index in [0.29, 0.717) is 5.56 Å². The van der Waals surface area contributed by atoms with Gasteiger partial charge in [0.1, 0.15) is 0 Å². The Kier molecular flexibility index (Phi) is 3.36. The van der Waals surface area contributed by atoms with Gasteiger partial charge in [0, 0.05) is 5.57 Å². The Hall–Kier alpha value is -2.35. The molecule has 0 amide bonds. The maximum absolute atomic E-state index is 11.1. The molecule has 2 rings (SSSR count). The topological polar surface area (TPSA) is 40.1 Å². The Morgan fingerprint density at radius 1 is 0.882 bits per heavy atom. The average molecular weight is 223 g/mol. The van der Waals surface area contributed by atoms with Crippen LogP contribution in [0, 0.1) is 0 Å². The van der Waals surface area contributed by atoms with Crippen LogP contribution in [-0.4, -0.2) is 5.97 Å². The highest BCUT2D eigenvalue weighted by molar-refractivity contribution is 6.19. The van der Waals surface area contributed by atoms with E-state index in [2.05, 4.69) is 0 Å². The minimum absolute atomic E-state index is 0.191. The van der Waals surface area contributed by atoms with Crippen LogP contribution in [0.15, 0.2) is 60.7 Å². The van der Waals surface area contributed by atoms with Gasteiger partial charge in [0.15, 0.2) is 0 Å². The zero-order valence-corrected chi connectivity index (χ0v) is 9.17. The van der Waals surface area contributed by atoms with E-state index in [4.69, 9.17) is 0 Å². The Balaban J connectivity index is 2.44. The molecule has 0 spiro atoms. The number of rotatable bonds is 3. The van der Waals surface area contributed by atoms with Gasteiger partial charge in [-0.1, -0.05) is 60.7 Å². The monoisotopic (exact) mass is 223 g/mol. The van der Waals surface area contributed by atoms with Crippen molar-refractivity contribution in [2.24, 2.45) is 0 Å². The average Bonchev–Trinajstić information content (AvgIpc) is 2.38. The summed E-state index contributed by atoms with van der Waals surface area (Å²) in [4.78, 5) is 11.1. The molecule has 0 bridgehead atoms. The molecule has 0 heterocycles. The summed E-state index contributed by atoms with van der Waals surface area (Å²) >= 11 is 0. The third kappa shape index (κ3) is 2.82. The minimum atomic E-state index is -1.17. The summed E-state index contributed by atoms with van der Waals surface area (Å²) in [6.07, 6.45) is 1.62. The predicted octanol–water partition coefficient (Wildman–Crippen LogP) is 1.98. The number of hydrogen-bond acceptors (Lipinski definition) is 2. The Bertz CT molecular complexity index is 527. The lowest BCUT2D eigenvalue weighted by Crippen LogP contribution is -2.23. The largest absolute Gasteiger partial charge is 0.545 e. The molecule has 0 radical (unpaired) electrons. The van der Waals surface area contributed by atoms with Gasteiger partial charge in [-0.2, -0.15) is 0 Å². The zero-order chi connectivity index (χ0) is 12.1. The third-order valence-electron chi connectivity index (χ3n) is 2.42. The third-order valence-corrected chi connectivity index (χ3v) is 2.42. The van der Waals surface area contributed by atoms with E-state index < -0.39 is 5.97 Å². The van der Waals surface area contributed by atoms with Crippen LogP contribution in [0.4, 0.5) is 0 Å². The van der Waals surface area contributed by atoms with Gasteiger partial charge in [0.25, 0.3) is 0 Å². The summed E-state index contributed by atoms with van der Waals surface area (Å²) in [7, 11) is 0. The van der Waals surface area contributed by atoms with Crippen molar-refractivity contribution < 1.29 is 9.90 Å². The summed E-state index contributed by atoms with van der Waals surface area (Å²) in [5.74, 6) is -1.17. The minimum Gasteiger partial charge on any atom is -0.545 e. The van der Waals surface area contributed by atoms with Gasteiger partial charge in [-0.3, -0.25) is 0 Å². The van der Waals surface area contributed by atoms with Gasteiger partial charge < -0.3 is 9.90 Å². The molecule has 2 aromatic carbocycles. The molecule has 0 saturated carbocycles. The molecule has 0 unspecified atom stereocenters. The van der Waals surface area contributed by atoms with Crippen LogP contribution < -0.4 is 5.11 Å². The molecule has 0 saturated heterocycles. The summed E-state index contributed by atoms with van der Waals surface area (Å²) in [5, 5.41) is 11.1. The SMILES string of the molecule is O=C([O-])C(=Cc1ccccc1)c1ccccc1. The highest BCUT2D eigenvalue weighted by Gasteiger charge is 2.01. The fourth-order valence-corrected chi connectivity index (χ4v) is 1.59. The molecule has 2 heteroatoms. The highest BCUT2D eigenvalue weighted by Crippen LogP contribution is 2.17. The van der Waals surface area contributed by atoms with Crippen molar-refractivity contribution in [3.63, 3.8) is 0 Å². The second-order valence-corrected chi connectivity index (χ2v) is 3.62. The van der Waals surface area contributed by atoms with Crippen LogP contribution in [-0.2, 0) is 4.79 Å². The Morgan fingerprint density at radius 3 is 1.94 bits per heavy atom. The van der Waals surface area contributed by atoms with E-state index in [0.717, 1.165) is 5.56 Å². The molecule has 0 aliphatic rings. The molecule has 84 valence electrons. The predicted molar refractivity (Wildman–Crippen MR) is 65.8 cm³/mol. The lowest BCUT2D eigenvalue weighted by molar-refractivity contribution is -0.295. The first-order chi connectivity index (χ1) is 8.27. The van der Waals surface area contributed by atoms with E-state index >= 15 is 0 Å². The van der Waals surface area contributed by atoms with Crippen LogP contribution in [0.5, 0.6) is 0 Å². The second kappa shape index (κ2) is 5.12. The standard InChI is InChI=1S/C15H12O2/c16-15(17)14(13-9-5-2-6-10-13)11-12-7-3-1-4-8-12/h1-11H,(H,16,17)/p-1. The second-order valence-electron chi connectivity index (χ2n) is 3.62. The lowest BCUT2D eigenvalue weighted by Gasteiger charge is -2.08. The van der Waals surface area contributed by atoms with Crippen LogP contribution >= 0.6 is 0 Å². The van der Waals surface area contributed by atoms with Crippen molar-refractivity contribution in [3.05, 3.63) is 71.8 Å². The molecule has 2 nitrogen and oxygen atoms in total. The summed E-state index contributed by atoms with van der Waals surface area (Å²) < 4.78 is 0. The first-order valence-electron chi connectivity index (χ1n) is 5.31. The van der Waals surface area contributed by atoms with Gasteiger partial charge in [-0.15, -0.1) is 0 Å². The van der Waals surface area contributed by atoms with E-state index in [9.17, 15) is 9.90 Å². The van der Waals surface area contributed by atoms with Gasteiger partial charge in [0.2, 0.25) is 0 Å². The Morgan fingerprint density at radius 2 is 1.41 bits per heavy atom. The van der Waals surface area contributed by atoms with E-state index in [-0.39, 0.29) is 5.57 Å². The van der Waals surface area contributed by atoms with E-state index in [1.54, 1.807) is 30.3 Å². The highest BCUT2D eigenvalue weighted by atomic mass is 16.4. The number of aliphatic carboxylic acids is 1. The van der Waals surface area contributed by atoms with Gasteiger partial charge in [-0.25, -0.2) is 0 Å². The lowest BCUT2D eigenvalue weighted by atomic mass is 10.0. The first-order valence-corrected chi connectivity index (χ1v) is 5.31. The molecule has 0 aliphatic carbocycles. The van der Waals surface area contributed by atoms with Crippen molar-refractivity contribution in [2.45, 2.75) is 0 Å². The number of carboxylic acid groups (broad SMARTS) is 1. The van der Waals surface area contributed by atoms with Crippen LogP contribution in [0.1, 0.15) is 11.1 Å². The smallest absolute Gasteiger partial charge is 0.0721 e. The summed E-state index contributed by atoms with van der Waals surface area (Å²) in [5.41, 5.74) is 1.68. The molecular weight excluding hydrogens is 212 g/mol. The molecule has 0 aliphatic heterocycles. The molecule has 0 atom stereocenters. The van der Waals surface area contributed by atoms with Crippen LogP contribution in [0.25, 0.3) is 11.6 Å². The van der Waals surface area contributed by atoms with Gasteiger partial charge >= 0.3 is 0 Å². The Labute approximate surface area is 99.8 Å². The number of carbonyl (C=O) groups excluding carboxylic acids is 1. The number of hydrogen-bond donors (Lipinski definition) is 0. The maximum atomic E-state index is 11.1. The van der Waals surface area contributed by atoms with Crippen molar-refractivity contribution in [1.29, 1.82) is 0 Å². The van der Waals surface area contributed by atoms with Crippen LogP contribution in [0.2, 0.25) is 0 Å². The van der Waals surface area contributed by atoms with E-state index in [1.165, 1.54) is 0 Å². The fraction of sp³-hybridized carbons (Fsp3) is 0. The van der Waals surface area contributed by atoms with Gasteiger partial charge in [0.05, 0.1) is 5.97 Å². The quantitative estimate of drug-likeness (QED) is 0.589. The fourth-order valence-electron chi connectivity index (χ4n) is 1.59. The molecule has 17 heavy (non-hydrogen) atoms. The maximum Gasteiger partial charge on any atom is 0.0721 e. The van der Waals surface area contributed by atoms with Crippen molar-refractivity contribution in [2.75, 3.05) is 0 Å². The first kappa shape index (κ1) is 11.1. The van der Waals surface area contributed by atoms with Crippen LogP contribution in [0.3, 0.4) is 0 Å². The number of carboxylic acids is 1. The number of benzene rings is 2. The molecule has 0 N–H and O–H groups in total. The zero-order valence-electron chi connectivity index (χ0n) is 9.17. The normalized spacial score (nSPS) is 11.2. The summed E-state index contributed by atoms with van der Waals surface area (Å²) in [6, 6.07) is 18.3. The van der Waals surface area contributed by atoms with Crippen molar-refractivity contribution in [1.82, 2.24) is 0 Å². The summed E-state index contributed by atoms with van der Waals surface area (Å²) in [6.45, 7) is 0. The molecule has 2 aromatic rings.